The molecule has 4 nitrogen and oxygen atoms in total. The summed E-state index contributed by atoms with van der Waals surface area (Å²) in [6.07, 6.45) is 0.662. The van der Waals surface area contributed by atoms with Crippen LogP contribution in [0.1, 0.15) is 25.8 Å². The quantitative estimate of drug-likeness (QED) is 0.889. The van der Waals surface area contributed by atoms with Crippen molar-refractivity contribution < 1.29 is 8.42 Å². The minimum atomic E-state index is -3.56. The van der Waals surface area contributed by atoms with Gasteiger partial charge < -0.3 is 5.73 Å². The smallest absolute Gasteiger partial charge is 0.244 e. The van der Waals surface area contributed by atoms with Crippen molar-refractivity contribution in [1.82, 2.24) is 4.31 Å². The number of nitrogens with zero attached hydrogens (tertiary/aromatic N) is 1. The Labute approximate surface area is 138 Å². The maximum absolute atomic E-state index is 12.8. The van der Waals surface area contributed by atoms with Crippen LogP contribution in [0.2, 0.25) is 5.02 Å². The lowest BCUT2D eigenvalue weighted by molar-refractivity contribution is 0.155. The van der Waals surface area contributed by atoms with Gasteiger partial charge in [-0.2, -0.15) is 4.31 Å². The van der Waals surface area contributed by atoms with E-state index in [1.165, 1.54) is 4.31 Å². The number of sulfonamides is 1. The fourth-order valence-corrected chi connectivity index (χ4v) is 4.66. The van der Waals surface area contributed by atoms with Crippen molar-refractivity contribution in [2.75, 3.05) is 13.1 Å². The van der Waals surface area contributed by atoms with Gasteiger partial charge in [0.05, 0.1) is 5.02 Å². The summed E-state index contributed by atoms with van der Waals surface area (Å²) in [5.41, 5.74) is 6.70. The van der Waals surface area contributed by atoms with Gasteiger partial charge in [-0.3, -0.25) is 0 Å². The van der Waals surface area contributed by atoms with E-state index in [1.807, 2.05) is 20.8 Å². The van der Waals surface area contributed by atoms with Gasteiger partial charge in [0.2, 0.25) is 10.0 Å². The number of nitrogens with two attached hydrogens (primary N) is 1. The molecule has 7 heteroatoms. The summed E-state index contributed by atoms with van der Waals surface area (Å²) in [5, 5.41) is 0.267. The van der Waals surface area contributed by atoms with Crippen molar-refractivity contribution in [2.45, 2.75) is 38.1 Å². The summed E-state index contributed by atoms with van der Waals surface area (Å²) >= 11 is 6.07. The van der Waals surface area contributed by atoms with Crippen LogP contribution in [0.4, 0.5) is 0 Å². The highest BCUT2D eigenvalue weighted by molar-refractivity contribution is 7.89. The zero-order valence-corrected chi connectivity index (χ0v) is 14.9. The van der Waals surface area contributed by atoms with Gasteiger partial charge in [0.25, 0.3) is 0 Å². The number of hydrogen-bond acceptors (Lipinski definition) is 3. The molecule has 0 aromatic heterocycles. The highest BCUT2D eigenvalue weighted by Crippen LogP contribution is 2.33. The molecule has 0 radical (unpaired) electrons. The van der Waals surface area contributed by atoms with E-state index in [4.69, 9.17) is 17.3 Å². The second-order valence-corrected chi connectivity index (χ2v) is 8.47. The Kier molecular flexibility index (Phi) is 5.73. The molecule has 1 fully saturated rings. The first-order chi connectivity index (χ1) is 9.14. The number of rotatable bonds is 2. The van der Waals surface area contributed by atoms with Crippen LogP contribution in [0.15, 0.2) is 23.1 Å². The number of piperidine rings is 1. The van der Waals surface area contributed by atoms with Gasteiger partial charge in [-0.1, -0.05) is 31.5 Å². The monoisotopic (exact) mass is 352 g/mol. The normalized spacial score (nSPS) is 22.6. The Balaban J connectivity index is 0.00000220. The predicted octanol–water partition coefficient (Wildman–Crippen LogP) is 2.82. The van der Waals surface area contributed by atoms with E-state index in [9.17, 15) is 8.42 Å². The van der Waals surface area contributed by atoms with E-state index >= 15 is 0 Å². The molecule has 1 aliphatic heterocycles. The number of hydrogen-bond donors (Lipinski definition) is 1. The molecule has 0 bridgehead atoms. The van der Waals surface area contributed by atoms with Crippen LogP contribution in [0.3, 0.4) is 0 Å². The lowest BCUT2D eigenvalue weighted by Crippen LogP contribution is -2.53. The van der Waals surface area contributed by atoms with E-state index in [0.717, 1.165) is 5.56 Å². The van der Waals surface area contributed by atoms with Gasteiger partial charge in [0, 0.05) is 19.1 Å². The molecule has 2 rings (SSSR count). The van der Waals surface area contributed by atoms with Crippen molar-refractivity contribution in [3.05, 3.63) is 28.8 Å². The van der Waals surface area contributed by atoms with Crippen molar-refractivity contribution in [3.8, 4) is 0 Å². The van der Waals surface area contributed by atoms with Gasteiger partial charge in [-0.05, 0) is 36.5 Å². The molecule has 1 heterocycles. The summed E-state index contributed by atoms with van der Waals surface area (Å²) in [6.45, 7) is 6.71. The summed E-state index contributed by atoms with van der Waals surface area (Å²) in [6, 6.07) is 5.07. The molecule has 1 aromatic rings. The van der Waals surface area contributed by atoms with E-state index in [1.54, 1.807) is 18.2 Å². The third-order valence-corrected chi connectivity index (χ3v) is 6.31. The van der Waals surface area contributed by atoms with E-state index < -0.39 is 10.0 Å². The summed E-state index contributed by atoms with van der Waals surface area (Å²) in [7, 11) is -3.56. The molecule has 1 atom stereocenters. The first-order valence-electron chi connectivity index (χ1n) is 6.66. The van der Waals surface area contributed by atoms with Gasteiger partial charge in [-0.15, -0.1) is 12.4 Å². The Morgan fingerprint density at radius 1 is 1.38 bits per heavy atom. The van der Waals surface area contributed by atoms with Gasteiger partial charge in [-0.25, -0.2) is 8.42 Å². The molecule has 21 heavy (non-hydrogen) atoms. The van der Waals surface area contributed by atoms with Crippen LogP contribution < -0.4 is 5.73 Å². The zero-order chi connectivity index (χ0) is 15.1. The van der Waals surface area contributed by atoms with Gasteiger partial charge in [0.1, 0.15) is 4.90 Å². The molecule has 120 valence electrons. The Bertz CT molecular complexity index is 617. The lowest BCUT2D eigenvalue weighted by atomic mass is 9.81. The van der Waals surface area contributed by atoms with E-state index in [2.05, 4.69) is 0 Å². The second-order valence-electron chi connectivity index (χ2n) is 6.16. The van der Waals surface area contributed by atoms with Crippen molar-refractivity contribution in [2.24, 2.45) is 11.1 Å². The summed E-state index contributed by atoms with van der Waals surface area (Å²) in [5.74, 6) is 0. The van der Waals surface area contributed by atoms with Gasteiger partial charge in [0.15, 0.2) is 0 Å². The van der Waals surface area contributed by atoms with Crippen LogP contribution in [-0.4, -0.2) is 31.9 Å². The lowest BCUT2D eigenvalue weighted by Gasteiger charge is -2.41. The summed E-state index contributed by atoms with van der Waals surface area (Å²) in [4.78, 5) is 0.186. The number of aryl methyl sites for hydroxylation is 1. The van der Waals surface area contributed by atoms with Crippen LogP contribution >= 0.6 is 24.0 Å². The van der Waals surface area contributed by atoms with Crippen molar-refractivity contribution >= 4 is 34.0 Å². The standard InChI is InChI=1S/C14H21ClN2O2S.ClH/c1-10-4-5-11(15)12(8-10)20(18,19)17-7-6-13(16)14(2,3)9-17;/h4-5,8,13H,6-7,9,16H2,1-3H3;1H. The van der Waals surface area contributed by atoms with Crippen molar-refractivity contribution in [1.29, 1.82) is 0 Å². The fourth-order valence-electron chi connectivity index (χ4n) is 2.48. The van der Waals surface area contributed by atoms with Gasteiger partial charge >= 0.3 is 0 Å². The molecule has 1 aliphatic rings. The molecule has 2 N–H and O–H groups in total. The fraction of sp³-hybridized carbons (Fsp3) is 0.571. The Morgan fingerprint density at radius 3 is 2.57 bits per heavy atom. The Hall–Kier alpha value is -0.330. The number of halogens is 2. The third-order valence-electron chi connectivity index (χ3n) is 3.98. The van der Waals surface area contributed by atoms with Crippen LogP contribution in [-0.2, 0) is 10.0 Å². The Morgan fingerprint density at radius 2 is 2.00 bits per heavy atom. The molecular weight excluding hydrogens is 331 g/mol. The first kappa shape index (κ1) is 18.7. The zero-order valence-electron chi connectivity index (χ0n) is 12.5. The first-order valence-corrected chi connectivity index (χ1v) is 8.48. The molecular formula is C14H22Cl2N2O2S. The minimum absolute atomic E-state index is 0. The summed E-state index contributed by atoms with van der Waals surface area (Å²) < 4.78 is 27.0. The van der Waals surface area contributed by atoms with E-state index in [-0.39, 0.29) is 33.8 Å². The SMILES string of the molecule is Cc1ccc(Cl)c(S(=O)(=O)N2CCC(N)C(C)(C)C2)c1.Cl. The van der Waals surface area contributed by atoms with Crippen LogP contribution in [0, 0.1) is 12.3 Å². The number of benzene rings is 1. The predicted molar refractivity (Wildman–Crippen MR) is 88.6 cm³/mol. The average Bonchev–Trinajstić information content (AvgIpc) is 2.35. The third kappa shape index (κ3) is 3.71. The molecule has 0 saturated carbocycles. The molecule has 0 spiro atoms. The molecule has 0 aliphatic carbocycles. The highest BCUT2D eigenvalue weighted by Gasteiger charge is 2.39. The molecule has 0 amide bonds. The maximum Gasteiger partial charge on any atom is 0.244 e. The maximum atomic E-state index is 12.8. The second kappa shape index (κ2) is 6.42. The van der Waals surface area contributed by atoms with Crippen molar-refractivity contribution in [3.63, 3.8) is 0 Å². The van der Waals surface area contributed by atoms with Crippen LogP contribution in [0.25, 0.3) is 0 Å². The minimum Gasteiger partial charge on any atom is -0.327 e. The largest absolute Gasteiger partial charge is 0.327 e. The topological polar surface area (TPSA) is 63.4 Å². The average molecular weight is 353 g/mol. The van der Waals surface area contributed by atoms with Crippen LogP contribution in [0.5, 0.6) is 0 Å². The molecule has 1 saturated heterocycles. The highest BCUT2D eigenvalue weighted by atomic mass is 35.5. The molecule has 1 unspecified atom stereocenters. The van der Waals surface area contributed by atoms with E-state index in [0.29, 0.717) is 19.5 Å². The molecule has 1 aromatic carbocycles.